The molecular formula is C19H38FNO. The molecule has 0 saturated carbocycles. The van der Waals surface area contributed by atoms with E-state index < -0.39 is 6.67 Å². The van der Waals surface area contributed by atoms with Crippen molar-refractivity contribution in [2.75, 3.05) is 34.4 Å². The highest BCUT2D eigenvalue weighted by Gasteiger charge is 2.05. The fourth-order valence-electron chi connectivity index (χ4n) is 1.13. The summed E-state index contributed by atoms with van der Waals surface area (Å²) in [5.41, 5.74) is 1.32. The minimum Gasteiger partial charge on any atom is -0.377 e. The summed E-state index contributed by atoms with van der Waals surface area (Å²) in [6.07, 6.45) is 2.24. The van der Waals surface area contributed by atoms with Gasteiger partial charge in [-0.25, -0.2) is 4.39 Å². The number of alkyl halides is 1. The lowest BCUT2D eigenvalue weighted by Crippen LogP contribution is -2.28. The predicted molar refractivity (Wildman–Crippen MR) is 98.4 cm³/mol. The van der Waals surface area contributed by atoms with Gasteiger partial charge in [0.05, 0.1) is 6.10 Å². The van der Waals surface area contributed by atoms with Crippen LogP contribution in [0.1, 0.15) is 46.1 Å². The predicted octanol–water partition coefficient (Wildman–Crippen LogP) is 5.36. The number of methoxy groups -OCH3 is 1. The Bertz CT molecular complexity index is 272. The van der Waals surface area contributed by atoms with Gasteiger partial charge in [-0.3, -0.25) is 0 Å². The summed E-state index contributed by atoms with van der Waals surface area (Å²) >= 11 is 0. The second kappa shape index (κ2) is 22.4. The van der Waals surface area contributed by atoms with Gasteiger partial charge in [0.25, 0.3) is 0 Å². The molecule has 0 amide bonds. The van der Waals surface area contributed by atoms with Crippen molar-refractivity contribution in [1.29, 1.82) is 0 Å². The molecule has 3 heteroatoms. The van der Waals surface area contributed by atoms with Gasteiger partial charge in [0.2, 0.25) is 0 Å². The number of benzene rings is 1. The van der Waals surface area contributed by atoms with Crippen molar-refractivity contribution in [2.24, 2.45) is 0 Å². The highest BCUT2D eigenvalue weighted by Crippen LogP contribution is 1.92. The van der Waals surface area contributed by atoms with E-state index in [0.29, 0.717) is 6.54 Å². The molecule has 1 aromatic carbocycles. The summed E-state index contributed by atoms with van der Waals surface area (Å²) < 4.78 is 16.7. The van der Waals surface area contributed by atoms with Crippen LogP contribution in [-0.2, 0) is 4.74 Å². The van der Waals surface area contributed by atoms with E-state index >= 15 is 0 Å². The van der Waals surface area contributed by atoms with E-state index in [-0.39, 0.29) is 6.10 Å². The molecule has 2 nitrogen and oxygen atoms in total. The fourth-order valence-corrected chi connectivity index (χ4v) is 1.13. The molecule has 0 N–H and O–H groups in total. The number of halogens is 1. The SMILES string of the molecule is CCC.CCC.CO[C@H](CF)CN(C)C.Cc1ccccc1. The van der Waals surface area contributed by atoms with Gasteiger partial charge in [-0.05, 0) is 21.0 Å². The Morgan fingerprint density at radius 2 is 1.41 bits per heavy atom. The third-order valence-electron chi connectivity index (χ3n) is 2.01. The lowest BCUT2D eigenvalue weighted by molar-refractivity contribution is 0.0583. The molecule has 0 spiro atoms. The van der Waals surface area contributed by atoms with E-state index in [1.54, 1.807) is 0 Å². The number of nitrogens with zero attached hydrogens (tertiary/aromatic N) is 1. The molecule has 0 aliphatic carbocycles. The zero-order chi connectivity index (χ0) is 17.8. The number of aryl methyl sites for hydroxylation is 1. The van der Waals surface area contributed by atoms with Crippen LogP contribution in [0.15, 0.2) is 30.3 Å². The number of hydrogen-bond donors (Lipinski definition) is 0. The third-order valence-corrected chi connectivity index (χ3v) is 2.01. The fraction of sp³-hybridized carbons (Fsp3) is 0.684. The van der Waals surface area contributed by atoms with Crippen LogP contribution in [0, 0.1) is 6.92 Å². The van der Waals surface area contributed by atoms with Crippen LogP contribution in [0.25, 0.3) is 0 Å². The van der Waals surface area contributed by atoms with Gasteiger partial charge in [-0.2, -0.15) is 0 Å². The quantitative estimate of drug-likeness (QED) is 0.741. The summed E-state index contributed by atoms with van der Waals surface area (Å²) in [5, 5.41) is 0. The minimum absolute atomic E-state index is 0.264. The maximum atomic E-state index is 11.9. The van der Waals surface area contributed by atoms with Crippen LogP contribution in [-0.4, -0.2) is 45.4 Å². The maximum Gasteiger partial charge on any atom is 0.117 e. The summed E-state index contributed by atoms with van der Waals surface area (Å²) in [7, 11) is 5.30. The topological polar surface area (TPSA) is 12.5 Å². The van der Waals surface area contributed by atoms with Crippen molar-refractivity contribution in [1.82, 2.24) is 4.90 Å². The van der Waals surface area contributed by atoms with E-state index in [2.05, 4.69) is 46.8 Å². The molecular weight excluding hydrogens is 277 g/mol. The number of ether oxygens (including phenoxy) is 1. The van der Waals surface area contributed by atoms with Crippen LogP contribution in [0.3, 0.4) is 0 Å². The largest absolute Gasteiger partial charge is 0.377 e. The van der Waals surface area contributed by atoms with Crippen LogP contribution >= 0.6 is 0 Å². The minimum atomic E-state index is -0.408. The Kier molecular flexibility index (Phi) is 26.4. The lowest BCUT2D eigenvalue weighted by atomic mass is 10.2. The number of rotatable bonds is 4. The Hall–Kier alpha value is -0.930. The summed E-state index contributed by atoms with van der Waals surface area (Å²) in [4.78, 5) is 1.90. The van der Waals surface area contributed by atoms with Crippen LogP contribution in [0.4, 0.5) is 4.39 Å². The van der Waals surface area contributed by atoms with Gasteiger partial charge >= 0.3 is 0 Å². The summed E-state index contributed by atoms with van der Waals surface area (Å²) in [6.45, 7) is 10.8. The van der Waals surface area contributed by atoms with Crippen molar-refractivity contribution < 1.29 is 9.13 Å². The Morgan fingerprint density at radius 3 is 1.55 bits per heavy atom. The monoisotopic (exact) mass is 315 g/mol. The van der Waals surface area contributed by atoms with Crippen molar-refractivity contribution in [3.8, 4) is 0 Å². The van der Waals surface area contributed by atoms with Crippen molar-refractivity contribution in [2.45, 2.75) is 53.6 Å². The normalized spacial score (nSPS) is 10.3. The van der Waals surface area contributed by atoms with E-state index in [1.807, 2.05) is 37.2 Å². The molecule has 1 aromatic rings. The Morgan fingerprint density at radius 1 is 1.00 bits per heavy atom. The van der Waals surface area contributed by atoms with Crippen LogP contribution in [0.2, 0.25) is 0 Å². The molecule has 0 heterocycles. The zero-order valence-electron chi connectivity index (χ0n) is 16.0. The van der Waals surface area contributed by atoms with E-state index in [0.717, 1.165) is 0 Å². The molecule has 0 fully saturated rings. The summed E-state index contributed by atoms with van der Waals surface area (Å²) in [5.74, 6) is 0. The smallest absolute Gasteiger partial charge is 0.117 e. The first-order valence-corrected chi connectivity index (χ1v) is 8.18. The van der Waals surface area contributed by atoms with Crippen molar-refractivity contribution >= 4 is 0 Å². The molecule has 0 bridgehead atoms. The van der Waals surface area contributed by atoms with Gasteiger partial charge in [-0.15, -0.1) is 0 Å². The molecule has 0 radical (unpaired) electrons. The molecule has 1 atom stereocenters. The first-order chi connectivity index (χ1) is 10.4. The molecule has 0 aliphatic heterocycles. The van der Waals surface area contributed by atoms with Gasteiger partial charge in [0.1, 0.15) is 6.67 Å². The van der Waals surface area contributed by atoms with Crippen LogP contribution in [0.5, 0.6) is 0 Å². The van der Waals surface area contributed by atoms with E-state index in [1.165, 1.54) is 25.5 Å². The number of hydrogen-bond acceptors (Lipinski definition) is 2. The standard InChI is InChI=1S/C7H8.C6H14FNO.2C3H8/c1-7-5-3-2-4-6-7;1-8(2)5-6(4-7)9-3;2*1-3-2/h2-6H,1H3;6H,4-5H2,1-3H3;2*3H2,1-2H3/t;6-;;/m.1../s1. The maximum absolute atomic E-state index is 11.9. The van der Waals surface area contributed by atoms with E-state index in [9.17, 15) is 4.39 Å². The molecule has 1 rings (SSSR count). The first kappa shape index (κ1) is 26.0. The van der Waals surface area contributed by atoms with Gasteiger partial charge < -0.3 is 9.64 Å². The average molecular weight is 316 g/mol. The highest BCUT2D eigenvalue weighted by atomic mass is 19.1. The zero-order valence-corrected chi connectivity index (χ0v) is 16.0. The van der Waals surface area contributed by atoms with Crippen LogP contribution < -0.4 is 0 Å². The third kappa shape index (κ3) is 27.4. The molecule has 132 valence electrons. The summed E-state index contributed by atoms with van der Waals surface area (Å²) in [6, 6.07) is 10.3. The number of likely N-dealkylation sites (N-methyl/N-ethyl adjacent to an activating group) is 1. The van der Waals surface area contributed by atoms with Gasteiger partial charge in [0.15, 0.2) is 0 Å². The molecule has 0 unspecified atom stereocenters. The average Bonchev–Trinajstić information content (AvgIpc) is 2.47. The van der Waals surface area contributed by atoms with Gasteiger partial charge in [0, 0.05) is 13.7 Å². The first-order valence-electron chi connectivity index (χ1n) is 8.18. The lowest BCUT2D eigenvalue weighted by Gasteiger charge is -2.15. The Labute approximate surface area is 138 Å². The molecule has 0 aromatic heterocycles. The second-order valence-corrected chi connectivity index (χ2v) is 5.34. The van der Waals surface area contributed by atoms with Gasteiger partial charge in [-0.1, -0.05) is 76.4 Å². The second-order valence-electron chi connectivity index (χ2n) is 5.34. The molecule has 0 aliphatic rings. The van der Waals surface area contributed by atoms with Crippen molar-refractivity contribution in [3.05, 3.63) is 35.9 Å². The Balaban J connectivity index is -0.000000246. The highest BCUT2D eigenvalue weighted by molar-refractivity contribution is 5.11. The molecule has 22 heavy (non-hydrogen) atoms. The van der Waals surface area contributed by atoms with Crippen molar-refractivity contribution in [3.63, 3.8) is 0 Å². The molecule has 0 saturated heterocycles. The van der Waals surface area contributed by atoms with E-state index in [4.69, 9.17) is 4.74 Å².